The maximum atomic E-state index is 13.5. The van der Waals surface area contributed by atoms with Crippen molar-refractivity contribution in [2.24, 2.45) is 5.41 Å². The summed E-state index contributed by atoms with van der Waals surface area (Å²) in [6, 6.07) is 8.64. The van der Waals surface area contributed by atoms with Gasteiger partial charge < -0.3 is 20.2 Å². The molecule has 0 fully saturated rings. The van der Waals surface area contributed by atoms with Crippen LogP contribution in [0.25, 0.3) is 0 Å². The van der Waals surface area contributed by atoms with E-state index >= 15 is 0 Å². The summed E-state index contributed by atoms with van der Waals surface area (Å²) in [4.78, 5) is 12.2. The van der Waals surface area contributed by atoms with Crippen LogP contribution in [0.4, 0.5) is 9.18 Å². The van der Waals surface area contributed by atoms with Gasteiger partial charge in [-0.05, 0) is 35.2 Å². The third-order valence-corrected chi connectivity index (χ3v) is 3.65. The maximum absolute atomic E-state index is 13.5. The molecule has 2 aromatic rings. The molecule has 1 aromatic heterocycles. The molecule has 2 atom stereocenters. The third-order valence-electron chi connectivity index (χ3n) is 3.65. The lowest BCUT2D eigenvalue weighted by molar-refractivity contribution is 0.146. The summed E-state index contributed by atoms with van der Waals surface area (Å²) < 4.78 is 18.6. The first kappa shape index (κ1) is 18.0. The van der Waals surface area contributed by atoms with Gasteiger partial charge in [0.05, 0.1) is 18.8 Å². The van der Waals surface area contributed by atoms with Crippen LogP contribution in [-0.2, 0) is 0 Å². The van der Waals surface area contributed by atoms with E-state index in [9.17, 15) is 14.3 Å². The van der Waals surface area contributed by atoms with Crippen molar-refractivity contribution >= 4 is 6.03 Å². The summed E-state index contributed by atoms with van der Waals surface area (Å²) in [7, 11) is 0. The summed E-state index contributed by atoms with van der Waals surface area (Å²) in [5.41, 5.74) is 0.370. The molecule has 2 unspecified atom stereocenters. The van der Waals surface area contributed by atoms with Crippen LogP contribution in [0.2, 0.25) is 0 Å². The lowest BCUT2D eigenvalue weighted by atomic mass is 9.82. The van der Waals surface area contributed by atoms with E-state index in [0.717, 1.165) is 0 Å². The third kappa shape index (κ3) is 4.83. The van der Waals surface area contributed by atoms with Gasteiger partial charge in [-0.3, -0.25) is 0 Å². The Bertz CT molecular complexity index is 665. The number of nitrogens with one attached hydrogen (secondary N) is 2. The van der Waals surface area contributed by atoms with Gasteiger partial charge >= 0.3 is 6.03 Å². The number of furan rings is 1. The average molecular weight is 334 g/mol. The van der Waals surface area contributed by atoms with E-state index in [4.69, 9.17) is 4.42 Å². The van der Waals surface area contributed by atoms with E-state index in [2.05, 4.69) is 10.6 Å². The first-order valence-electron chi connectivity index (χ1n) is 7.78. The van der Waals surface area contributed by atoms with Crippen LogP contribution < -0.4 is 10.6 Å². The van der Waals surface area contributed by atoms with Gasteiger partial charge in [0.2, 0.25) is 0 Å². The fourth-order valence-corrected chi connectivity index (χ4v) is 2.44. The van der Waals surface area contributed by atoms with E-state index in [-0.39, 0.29) is 23.8 Å². The fraction of sp³-hybridized carbons (Fsp3) is 0.389. The fourth-order valence-electron chi connectivity index (χ4n) is 2.44. The number of carbonyl (C=O) groups is 1. The number of amides is 2. The van der Waals surface area contributed by atoms with Crippen molar-refractivity contribution in [3.05, 3.63) is 59.8 Å². The maximum Gasteiger partial charge on any atom is 0.315 e. The summed E-state index contributed by atoms with van der Waals surface area (Å²) in [6.45, 7) is 5.89. The number of urea groups is 1. The number of rotatable bonds is 5. The number of aliphatic hydroxyl groups is 1. The Morgan fingerprint density at radius 3 is 2.62 bits per heavy atom. The Labute approximate surface area is 140 Å². The minimum atomic E-state index is -0.923. The molecule has 0 aliphatic rings. The van der Waals surface area contributed by atoms with Gasteiger partial charge in [0, 0.05) is 0 Å². The van der Waals surface area contributed by atoms with Crippen molar-refractivity contribution in [2.45, 2.75) is 32.9 Å². The first-order chi connectivity index (χ1) is 11.3. The van der Waals surface area contributed by atoms with Gasteiger partial charge in [0.15, 0.2) is 0 Å². The van der Waals surface area contributed by atoms with Crippen molar-refractivity contribution < 1.29 is 18.7 Å². The number of hydrogen-bond acceptors (Lipinski definition) is 3. The van der Waals surface area contributed by atoms with Crippen molar-refractivity contribution in [3.63, 3.8) is 0 Å². The van der Waals surface area contributed by atoms with Gasteiger partial charge in [-0.25, -0.2) is 9.18 Å². The standard InChI is InChI=1S/C18H23FN2O3/c1-18(2,3)16(12-6-4-7-13(19)10-12)21-17(23)20-11-14(22)15-8-5-9-24-15/h4-10,14,16,22H,11H2,1-3H3,(H2,20,21,23). The number of aliphatic hydroxyl groups excluding tert-OH is 1. The Kier molecular flexibility index (Phi) is 5.62. The van der Waals surface area contributed by atoms with Crippen LogP contribution in [0.15, 0.2) is 47.1 Å². The molecule has 0 radical (unpaired) electrons. The van der Waals surface area contributed by atoms with Gasteiger partial charge in [-0.2, -0.15) is 0 Å². The molecule has 1 heterocycles. The smallest absolute Gasteiger partial charge is 0.315 e. The SMILES string of the molecule is CC(C)(C)C(NC(=O)NCC(O)c1ccco1)c1cccc(F)c1. The monoisotopic (exact) mass is 334 g/mol. The van der Waals surface area contributed by atoms with Crippen molar-refractivity contribution in [1.29, 1.82) is 0 Å². The van der Waals surface area contributed by atoms with Crippen LogP contribution in [0, 0.1) is 11.2 Å². The molecule has 0 bridgehead atoms. The molecular formula is C18H23FN2O3. The van der Waals surface area contributed by atoms with Gasteiger partial charge in [-0.15, -0.1) is 0 Å². The van der Waals surface area contributed by atoms with Crippen molar-refractivity contribution in [3.8, 4) is 0 Å². The Balaban J connectivity index is 2.00. The number of halogens is 1. The Hall–Kier alpha value is -2.34. The van der Waals surface area contributed by atoms with E-state index in [1.54, 1.807) is 24.3 Å². The van der Waals surface area contributed by atoms with Crippen LogP contribution >= 0.6 is 0 Å². The zero-order valence-electron chi connectivity index (χ0n) is 14.0. The minimum Gasteiger partial charge on any atom is -0.467 e. The molecule has 0 saturated carbocycles. The zero-order valence-corrected chi connectivity index (χ0v) is 14.0. The lowest BCUT2D eigenvalue weighted by Crippen LogP contribution is -2.43. The van der Waals surface area contributed by atoms with E-state index in [1.165, 1.54) is 18.4 Å². The minimum absolute atomic E-state index is 0.0133. The summed E-state index contributed by atoms with van der Waals surface area (Å²) in [5.74, 6) is 0.0324. The van der Waals surface area contributed by atoms with Crippen LogP contribution in [0.3, 0.4) is 0 Å². The quantitative estimate of drug-likeness (QED) is 0.783. The van der Waals surface area contributed by atoms with E-state index in [0.29, 0.717) is 11.3 Å². The molecule has 0 aliphatic carbocycles. The number of benzene rings is 1. The molecular weight excluding hydrogens is 311 g/mol. The van der Waals surface area contributed by atoms with E-state index in [1.807, 2.05) is 20.8 Å². The molecule has 130 valence electrons. The number of hydrogen-bond donors (Lipinski definition) is 3. The highest BCUT2D eigenvalue weighted by molar-refractivity contribution is 5.74. The second-order valence-corrected chi connectivity index (χ2v) is 6.74. The van der Waals surface area contributed by atoms with Crippen LogP contribution in [0.1, 0.15) is 44.2 Å². The summed E-state index contributed by atoms with van der Waals surface area (Å²) in [5, 5.41) is 15.4. The largest absolute Gasteiger partial charge is 0.467 e. The summed E-state index contributed by atoms with van der Waals surface area (Å²) >= 11 is 0. The highest BCUT2D eigenvalue weighted by Gasteiger charge is 2.28. The molecule has 0 spiro atoms. The molecule has 6 heteroatoms. The highest BCUT2D eigenvalue weighted by atomic mass is 19.1. The van der Waals surface area contributed by atoms with Crippen LogP contribution in [-0.4, -0.2) is 17.7 Å². The van der Waals surface area contributed by atoms with Gasteiger partial charge in [0.25, 0.3) is 0 Å². The predicted molar refractivity (Wildman–Crippen MR) is 88.8 cm³/mol. The molecule has 2 amide bonds. The zero-order chi connectivity index (χ0) is 17.7. The molecule has 3 N–H and O–H groups in total. The molecule has 5 nitrogen and oxygen atoms in total. The molecule has 24 heavy (non-hydrogen) atoms. The number of carbonyl (C=O) groups excluding carboxylic acids is 1. The average Bonchev–Trinajstić information content (AvgIpc) is 3.03. The Morgan fingerprint density at radius 2 is 2.04 bits per heavy atom. The summed E-state index contributed by atoms with van der Waals surface area (Å²) in [6.07, 6.45) is 0.533. The first-order valence-corrected chi connectivity index (χ1v) is 7.78. The highest BCUT2D eigenvalue weighted by Crippen LogP contribution is 2.32. The predicted octanol–water partition coefficient (Wildman–Crippen LogP) is 3.54. The van der Waals surface area contributed by atoms with E-state index < -0.39 is 12.1 Å². The molecule has 2 rings (SSSR count). The van der Waals surface area contributed by atoms with Crippen molar-refractivity contribution in [2.75, 3.05) is 6.54 Å². The van der Waals surface area contributed by atoms with Crippen LogP contribution in [0.5, 0.6) is 0 Å². The molecule has 0 saturated heterocycles. The molecule has 1 aromatic carbocycles. The topological polar surface area (TPSA) is 74.5 Å². The normalized spacial score (nSPS) is 14.0. The second kappa shape index (κ2) is 7.49. The van der Waals surface area contributed by atoms with Gasteiger partial charge in [0.1, 0.15) is 17.7 Å². The lowest BCUT2D eigenvalue weighted by Gasteiger charge is -2.32. The van der Waals surface area contributed by atoms with Gasteiger partial charge in [-0.1, -0.05) is 32.9 Å². The molecule has 0 aliphatic heterocycles. The van der Waals surface area contributed by atoms with Crippen molar-refractivity contribution in [1.82, 2.24) is 10.6 Å². The Morgan fingerprint density at radius 1 is 1.29 bits per heavy atom. The second-order valence-electron chi connectivity index (χ2n) is 6.74.